The fraction of sp³-hybridized carbons (Fsp3) is 0.933. The van der Waals surface area contributed by atoms with Crippen LogP contribution in [0.2, 0.25) is 0 Å². The van der Waals surface area contributed by atoms with Gasteiger partial charge < -0.3 is 10.1 Å². The van der Waals surface area contributed by atoms with Crippen LogP contribution in [0.1, 0.15) is 59.3 Å². The maximum absolute atomic E-state index is 11.8. The molecule has 2 aliphatic rings. The van der Waals surface area contributed by atoms with E-state index < -0.39 is 0 Å². The summed E-state index contributed by atoms with van der Waals surface area (Å²) in [5, 5.41) is 3.48. The first kappa shape index (κ1) is 13.9. The zero-order valence-corrected chi connectivity index (χ0v) is 12.1. The normalized spacial score (nSPS) is 32.7. The van der Waals surface area contributed by atoms with E-state index in [2.05, 4.69) is 5.32 Å². The molecule has 0 aromatic heterocycles. The van der Waals surface area contributed by atoms with Gasteiger partial charge in [-0.05, 0) is 70.8 Å². The standard InChI is InChI=1S/C15H27NO2/c1-14(2,3)18-13(17)10-12-4-6-15(7-5-12)8-9-16-11-15/h12,16H,4-11H2,1-3H3. The Bertz CT molecular complexity index is 290. The van der Waals surface area contributed by atoms with Crippen LogP contribution in [0.25, 0.3) is 0 Å². The zero-order valence-electron chi connectivity index (χ0n) is 12.1. The summed E-state index contributed by atoms with van der Waals surface area (Å²) in [7, 11) is 0. The van der Waals surface area contributed by atoms with Crippen molar-refractivity contribution in [3.8, 4) is 0 Å². The van der Waals surface area contributed by atoms with E-state index in [-0.39, 0.29) is 11.6 Å². The van der Waals surface area contributed by atoms with Crippen molar-refractivity contribution in [3.05, 3.63) is 0 Å². The maximum atomic E-state index is 11.8. The minimum atomic E-state index is -0.345. The van der Waals surface area contributed by atoms with Crippen molar-refractivity contribution in [2.45, 2.75) is 64.9 Å². The first-order valence-corrected chi connectivity index (χ1v) is 7.31. The van der Waals surface area contributed by atoms with Crippen LogP contribution in [0.3, 0.4) is 0 Å². The second-order valence-corrected chi connectivity index (χ2v) is 7.16. The predicted octanol–water partition coefficient (Wildman–Crippen LogP) is 2.89. The van der Waals surface area contributed by atoms with Crippen molar-refractivity contribution in [1.29, 1.82) is 0 Å². The van der Waals surface area contributed by atoms with E-state index in [1.807, 2.05) is 20.8 Å². The molecule has 0 amide bonds. The molecule has 0 unspecified atom stereocenters. The van der Waals surface area contributed by atoms with E-state index in [0.29, 0.717) is 17.8 Å². The van der Waals surface area contributed by atoms with Gasteiger partial charge in [0.2, 0.25) is 0 Å². The lowest BCUT2D eigenvalue weighted by Crippen LogP contribution is -2.31. The van der Waals surface area contributed by atoms with Crippen LogP contribution in [-0.4, -0.2) is 24.7 Å². The lowest BCUT2D eigenvalue weighted by atomic mass is 9.69. The van der Waals surface area contributed by atoms with Crippen LogP contribution in [0.15, 0.2) is 0 Å². The summed E-state index contributed by atoms with van der Waals surface area (Å²) >= 11 is 0. The SMILES string of the molecule is CC(C)(C)OC(=O)CC1CCC2(CCNC2)CC1. The van der Waals surface area contributed by atoms with Crippen molar-refractivity contribution in [3.63, 3.8) is 0 Å². The van der Waals surface area contributed by atoms with E-state index in [1.54, 1.807) is 0 Å². The lowest BCUT2D eigenvalue weighted by molar-refractivity contribution is -0.156. The van der Waals surface area contributed by atoms with Gasteiger partial charge in [-0.3, -0.25) is 4.79 Å². The molecule has 2 fully saturated rings. The van der Waals surface area contributed by atoms with Crippen LogP contribution in [0.5, 0.6) is 0 Å². The molecule has 1 N–H and O–H groups in total. The summed E-state index contributed by atoms with van der Waals surface area (Å²) in [6.07, 6.45) is 6.90. The van der Waals surface area contributed by atoms with Gasteiger partial charge in [0.15, 0.2) is 0 Å². The monoisotopic (exact) mass is 253 g/mol. The van der Waals surface area contributed by atoms with Crippen LogP contribution >= 0.6 is 0 Å². The van der Waals surface area contributed by atoms with Crippen molar-refractivity contribution < 1.29 is 9.53 Å². The van der Waals surface area contributed by atoms with Gasteiger partial charge in [0.1, 0.15) is 5.60 Å². The first-order chi connectivity index (χ1) is 8.39. The Morgan fingerprint density at radius 1 is 1.28 bits per heavy atom. The van der Waals surface area contributed by atoms with Gasteiger partial charge in [0.25, 0.3) is 0 Å². The molecule has 1 saturated carbocycles. The van der Waals surface area contributed by atoms with Crippen molar-refractivity contribution in [2.24, 2.45) is 11.3 Å². The quantitative estimate of drug-likeness (QED) is 0.769. The Labute approximate surface area is 111 Å². The van der Waals surface area contributed by atoms with Crippen LogP contribution in [0, 0.1) is 11.3 Å². The van der Waals surface area contributed by atoms with Crippen molar-refractivity contribution in [2.75, 3.05) is 13.1 Å². The average Bonchev–Trinajstić information content (AvgIpc) is 2.68. The lowest BCUT2D eigenvalue weighted by Gasteiger charge is -2.36. The summed E-state index contributed by atoms with van der Waals surface area (Å²) in [4.78, 5) is 11.8. The van der Waals surface area contributed by atoms with E-state index in [4.69, 9.17) is 4.74 Å². The minimum absolute atomic E-state index is 0.0204. The second kappa shape index (κ2) is 5.20. The number of carbonyl (C=O) groups is 1. The van der Waals surface area contributed by atoms with Crippen molar-refractivity contribution in [1.82, 2.24) is 5.32 Å². The van der Waals surface area contributed by atoms with Crippen LogP contribution in [0.4, 0.5) is 0 Å². The van der Waals surface area contributed by atoms with E-state index in [9.17, 15) is 4.79 Å². The summed E-state index contributed by atoms with van der Waals surface area (Å²) in [6.45, 7) is 8.17. The smallest absolute Gasteiger partial charge is 0.306 e. The third-order valence-electron chi connectivity index (χ3n) is 4.37. The molecule has 0 atom stereocenters. The fourth-order valence-electron chi connectivity index (χ4n) is 3.34. The molecule has 0 radical (unpaired) electrons. The molecule has 18 heavy (non-hydrogen) atoms. The highest BCUT2D eigenvalue weighted by molar-refractivity contribution is 5.70. The third kappa shape index (κ3) is 3.71. The Balaban J connectivity index is 1.75. The molecule has 1 aliphatic carbocycles. The van der Waals surface area contributed by atoms with Gasteiger partial charge in [-0.25, -0.2) is 0 Å². The molecule has 1 aliphatic heterocycles. The molecule has 0 bridgehead atoms. The van der Waals surface area contributed by atoms with E-state index >= 15 is 0 Å². The molecule has 1 saturated heterocycles. The van der Waals surface area contributed by atoms with E-state index in [0.717, 1.165) is 0 Å². The maximum Gasteiger partial charge on any atom is 0.306 e. The summed E-state index contributed by atoms with van der Waals surface area (Å²) in [5.41, 5.74) is 0.215. The number of carbonyl (C=O) groups excluding carboxylic acids is 1. The number of hydrogen-bond donors (Lipinski definition) is 1. The average molecular weight is 253 g/mol. The van der Waals surface area contributed by atoms with Gasteiger partial charge in [0.05, 0.1) is 0 Å². The molecule has 1 heterocycles. The predicted molar refractivity (Wildman–Crippen MR) is 72.3 cm³/mol. The number of ether oxygens (including phenoxy) is 1. The van der Waals surface area contributed by atoms with Crippen molar-refractivity contribution >= 4 is 5.97 Å². The van der Waals surface area contributed by atoms with E-state index in [1.165, 1.54) is 45.2 Å². The zero-order chi connectivity index (χ0) is 13.2. The highest BCUT2D eigenvalue weighted by Crippen LogP contribution is 2.43. The molecule has 3 heteroatoms. The van der Waals surface area contributed by atoms with Crippen LogP contribution in [-0.2, 0) is 9.53 Å². The second-order valence-electron chi connectivity index (χ2n) is 7.16. The van der Waals surface area contributed by atoms with Crippen LogP contribution < -0.4 is 5.32 Å². The highest BCUT2D eigenvalue weighted by Gasteiger charge is 2.38. The third-order valence-corrected chi connectivity index (χ3v) is 4.37. The molecule has 104 valence electrons. The first-order valence-electron chi connectivity index (χ1n) is 7.31. The van der Waals surface area contributed by atoms with Gasteiger partial charge in [-0.1, -0.05) is 0 Å². The Hall–Kier alpha value is -0.570. The molecular formula is C15H27NO2. The van der Waals surface area contributed by atoms with Gasteiger partial charge in [0, 0.05) is 13.0 Å². The van der Waals surface area contributed by atoms with Gasteiger partial charge >= 0.3 is 5.97 Å². The largest absolute Gasteiger partial charge is 0.460 e. The Morgan fingerprint density at radius 2 is 1.94 bits per heavy atom. The number of rotatable bonds is 2. The number of esters is 1. The topological polar surface area (TPSA) is 38.3 Å². The molecule has 1 spiro atoms. The Morgan fingerprint density at radius 3 is 2.44 bits per heavy atom. The van der Waals surface area contributed by atoms with Gasteiger partial charge in [-0.2, -0.15) is 0 Å². The molecule has 2 rings (SSSR count). The molecule has 0 aromatic rings. The highest BCUT2D eigenvalue weighted by atomic mass is 16.6. The summed E-state index contributed by atoms with van der Waals surface area (Å²) < 4.78 is 5.41. The minimum Gasteiger partial charge on any atom is -0.460 e. The molecule has 3 nitrogen and oxygen atoms in total. The van der Waals surface area contributed by atoms with Gasteiger partial charge in [-0.15, -0.1) is 0 Å². The summed E-state index contributed by atoms with van der Waals surface area (Å²) in [6, 6.07) is 0. The molecular weight excluding hydrogens is 226 g/mol. The fourth-order valence-corrected chi connectivity index (χ4v) is 3.34. The Kier molecular flexibility index (Phi) is 4.00. The number of hydrogen-bond acceptors (Lipinski definition) is 3. The molecule has 0 aromatic carbocycles. The number of nitrogens with one attached hydrogen (secondary N) is 1. The summed E-state index contributed by atoms with van der Waals surface area (Å²) in [5.74, 6) is 0.527.